The molecular weight excluding hydrogens is 230 g/mol. The van der Waals surface area contributed by atoms with Crippen molar-refractivity contribution in [2.45, 2.75) is 18.9 Å². The third-order valence-corrected chi connectivity index (χ3v) is 3.20. The molecule has 2 rings (SSSR count). The summed E-state index contributed by atoms with van der Waals surface area (Å²) in [7, 11) is 1.94. The predicted molar refractivity (Wildman–Crippen MR) is 72.1 cm³/mol. The van der Waals surface area contributed by atoms with Crippen LogP contribution in [-0.2, 0) is 4.74 Å². The number of hydrogen-bond donors (Lipinski definition) is 2. The van der Waals surface area contributed by atoms with Crippen molar-refractivity contribution in [3.63, 3.8) is 0 Å². The molecule has 2 heterocycles. The van der Waals surface area contributed by atoms with E-state index in [1.807, 2.05) is 30.3 Å². The minimum Gasteiger partial charge on any atom is -0.395 e. The van der Waals surface area contributed by atoms with E-state index in [1.54, 1.807) is 0 Å². The minimum atomic E-state index is 0.151. The number of aromatic nitrogens is 1. The maximum atomic E-state index is 8.88. The highest BCUT2D eigenvalue weighted by atomic mass is 16.5. The molecule has 0 atom stereocenters. The summed E-state index contributed by atoms with van der Waals surface area (Å²) < 4.78 is 5.32. The Morgan fingerprint density at radius 3 is 2.83 bits per heavy atom. The normalized spacial score (nSPS) is 16.6. The minimum absolute atomic E-state index is 0.151. The summed E-state index contributed by atoms with van der Waals surface area (Å²) in [5, 5.41) is 12.3. The quantitative estimate of drug-likeness (QED) is 0.820. The van der Waals surface area contributed by atoms with Gasteiger partial charge in [0.1, 0.15) is 5.82 Å². The third kappa shape index (κ3) is 3.58. The zero-order valence-electron chi connectivity index (χ0n) is 10.8. The summed E-state index contributed by atoms with van der Waals surface area (Å²) in [6, 6.07) is 4.47. The Hall–Kier alpha value is -1.33. The summed E-state index contributed by atoms with van der Waals surface area (Å²) in [6.07, 6.45) is 3.90. The lowest BCUT2D eigenvalue weighted by Gasteiger charge is -2.24. The first-order valence-electron chi connectivity index (χ1n) is 6.42. The molecule has 1 fully saturated rings. The van der Waals surface area contributed by atoms with Crippen molar-refractivity contribution >= 4 is 11.5 Å². The molecule has 0 aromatic carbocycles. The molecule has 0 amide bonds. The average Bonchev–Trinajstić information content (AvgIpc) is 2.41. The highest BCUT2D eigenvalue weighted by Gasteiger charge is 2.13. The Morgan fingerprint density at radius 1 is 1.44 bits per heavy atom. The van der Waals surface area contributed by atoms with Crippen molar-refractivity contribution < 1.29 is 9.84 Å². The smallest absolute Gasteiger partial charge is 0.126 e. The standard InChI is InChI=1S/C13H21N3O2/c1-16(6-7-17)12-2-3-13(14-10-12)15-11-4-8-18-9-5-11/h2-3,10-11,17H,4-9H2,1H3,(H,14,15). The van der Waals surface area contributed by atoms with E-state index in [9.17, 15) is 0 Å². The molecule has 100 valence electrons. The molecule has 1 aromatic heterocycles. The van der Waals surface area contributed by atoms with E-state index < -0.39 is 0 Å². The third-order valence-electron chi connectivity index (χ3n) is 3.20. The van der Waals surface area contributed by atoms with Crippen LogP contribution in [0, 0.1) is 0 Å². The van der Waals surface area contributed by atoms with Crippen molar-refractivity contribution in [2.75, 3.05) is 43.6 Å². The van der Waals surface area contributed by atoms with Crippen LogP contribution >= 0.6 is 0 Å². The van der Waals surface area contributed by atoms with Crippen LogP contribution in [-0.4, -0.2) is 49.5 Å². The van der Waals surface area contributed by atoms with Crippen LogP contribution in [0.5, 0.6) is 0 Å². The molecule has 0 unspecified atom stereocenters. The van der Waals surface area contributed by atoms with Crippen LogP contribution in [0.15, 0.2) is 18.3 Å². The molecule has 5 heteroatoms. The second-order valence-electron chi connectivity index (χ2n) is 4.58. The van der Waals surface area contributed by atoms with Crippen molar-refractivity contribution in [3.8, 4) is 0 Å². The van der Waals surface area contributed by atoms with E-state index in [4.69, 9.17) is 9.84 Å². The molecule has 0 aliphatic carbocycles. The van der Waals surface area contributed by atoms with Crippen LogP contribution in [0.25, 0.3) is 0 Å². The number of nitrogens with zero attached hydrogens (tertiary/aromatic N) is 2. The predicted octanol–water partition coefficient (Wildman–Crippen LogP) is 1.10. The second-order valence-corrected chi connectivity index (χ2v) is 4.58. The fourth-order valence-electron chi connectivity index (χ4n) is 2.03. The molecule has 18 heavy (non-hydrogen) atoms. The number of aliphatic hydroxyl groups is 1. The van der Waals surface area contributed by atoms with Crippen molar-refractivity contribution in [1.82, 2.24) is 4.98 Å². The highest BCUT2D eigenvalue weighted by Crippen LogP contribution is 2.16. The molecule has 1 saturated heterocycles. The molecule has 0 saturated carbocycles. The molecular formula is C13H21N3O2. The van der Waals surface area contributed by atoms with E-state index in [-0.39, 0.29) is 6.61 Å². The molecule has 0 radical (unpaired) electrons. The topological polar surface area (TPSA) is 57.6 Å². The Kier molecular flexibility index (Phi) is 4.78. The number of likely N-dealkylation sites (N-methyl/N-ethyl adjacent to an activating group) is 1. The zero-order chi connectivity index (χ0) is 12.8. The highest BCUT2D eigenvalue weighted by molar-refractivity contribution is 5.49. The Bertz CT molecular complexity index is 350. The van der Waals surface area contributed by atoms with Crippen molar-refractivity contribution in [1.29, 1.82) is 0 Å². The number of nitrogens with one attached hydrogen (secondary N) is 1. The molecule has 1 aliphatic heterocycles. The Morgan fingerprint density at radius 2 is 2.22 bits per heavy atom. The lowest BCUT2D eigenvalue weighted by Crippen LogP contribution is -2.28. The summed E-state index contributed by atoms with van der Waals surface area (Å²) in [5.41, 5.74) is 1.02. The SMILES string of the molecule is CN(CCO)c1ccc(NC2CCOCC2)nc1. The van der Waals surface area contributed by atoms with Gasteiger partial charge in [-0.2, -0.15) is 0 Å². The van der Waals surface area contributed by atoms with Gasteiger partial charge in [-0.25, -0.2) is 4.98 Å². The lowest BCUT2D eigenvalue weighted by molar-refractivity contribution is 0.0904. The van der Waals surface area contributed by atoms with Gasteiger partial charge in [0.2, 0.25) is 0 Å². The van der Waals surface area contributed by atoms with Gasteiger partial charge in [-0.05, 0) is 25.0 Å². The van der Waals surface area contributed by atoms with Crippen molar-refractivity contribution in [3.05, 3.63) is 18.3 Å². The van der Waals surface area contributed by atoms with Crippen molar-refractivity contribution in [2.24, 2.45) is 0 Å². The fourth-order valence-corrected chi connectivity index (χ4v) is 2.03. The van der Waals surface area contributed by atoms with Gasteiger partial charge in [-0.15, -0.1) is 0 Å². The first kappa shape index (κ1) is 13.1. The molecule has 2 N–H and O–H groups in total. The molecule has 1 aliphatic rings. The average molecular weight is 251 g/mol. The van der Waals surface area contributed by atoms with Gasteiger partial charge in [0.15, 0.2) is 0 Å². The summed E-state index contributed by atoms with van der Waals surface area (Å²) >= 11 is 0. The first-order chi connectivity index (χ1) is 8.79. The van der Waals surface area contributed by atoms with E-state index in [1.165, 1.54) is 0 Å². The number of anilines is 2. The van der Waals surface area contributed by atoms with Crippen LogP contribution < -0.4 is 10.2 Å². The number of aliphatic hydroxyl groups excluding tert-OH is 1. The number of ether oxygens (including phenoxy) is 1. The number of rotatable bonds is 5. The van der Waals surface area contributed by atoms with Gasteiger partial charge in [-0.1, -0.05) is 0 Å². The molecule has 0 spiro atoms. The maximum Gasteiger partial charge on any atom is 0.126 e. The van der Waals surface area contributed by atoms with Gasteiger partial charge >= 0.3 is 0 Å². The summed E-state index contributed by atoms with van der Waals surface area (Å²) in [5.74, 6) is 0.906. The number of pyridine rings is 1. The van der Waals surface area contributed by atoms with E-state index in [2.05, 4.69) is 10.3 Å². The largest absolute Gasteiger partial charge is 0.395 e. The van der Waals surface area contributed by atoms with Gasteiger partial charge in [-0.3, -0.25) is 0 Å². The maximum absolute atomic E-state index is 8.88. The zero-order valence-corrected chi connectivity index (χ0v) is 10.8. The lowest BCUT2D eigenvalue weighted by atomic mass is 10.1. The van der Waals surface area contributed by atoms with Gasteiger partial charge < -0.3 is 20.1 Å². The van der Waals surface area contributed by atoms with E-state index in [0.717, 1.165) is 37.6 Å². The van der Waals surface area contributed by atoms with Crippen LogP contribution in [0.2, 0.25) is 0 Å². The van der Waals surface area contributed by atoms with Gasteiger partial charge in [0.05, 0.1) is 18.5 Å². The second kappa shape index (κ2) is 6.56. The summed E-state index contributed by atoms with van der Waals surface area (Å²) in [6.45, 7) is 2.43. The fraction of sp³-hybridized carbons (Fsp3) is 0.615. The number of hydrogen-bond acceptors (Lipinski definition) is 5. The summed E-state index contributed by atoms with van der Waals surface area (Å²) in [4.78, 5) is 6.38. The van der Waals surface area contributed by atoms with Crippen LogP contribution in [0.3, 0.4) is 0 Å². The Balaban J connectivity index is 1.90. The van der Waals surface area contributed by atoms with Crippen LogP contribution in [0.1, 0.15) is 12.8 Å². The molecule has 1 aromatic rings. The molecule has 5 nitrogen and oxygen atoms in total. The van der Waals surface area contributed by atoms with E-state index >= 15 is 0 Å². The van der Waals surface area contributed by atoms with Gasteiger partial charge in [0, 0.05) is 32.8 Å². The van der Waals surface area contributed by atoms with Crippen LogP contribution in [0.4, 0.5) is 11.5 Å². The van der Waals surface area contributed by atoms with E-state index in [0.29, 0.717) is 12.6 Å². The Labute approximate surface area is 108 Å². The monoisotopic (exact) mass is 251 g/mol. The first-order valence-corrected chi connectivity index (χ1v) is 6.42. The molecule has 0 bridgehead atoms. The van der Waals surface area contributed by atoms with Gasteiger partial charge in [0.25, 0.3) is 0 Å².